The number of ether oxygens (including phenoxy) is 1. The fourth-order valence-corrected chi connectivity index (χ4v) is 2.40. The van der Waals surface area contributed by atoms with Crippen molar-refractivity contribution in [3.8, 4) is 11.6 Å². The van der Waals surface area contributed by atoms with E-state index in [1.165, 1.54) is 12.1 Å². The van der Waals surface area contributed by atoms with E-state index in [-0.39, 0.29) is 5.02 Å². The lowest BCUT2D eigenvalue weighted by molar-refractivity contribution is 0.451. The number of benzene rings is 1. The van der Waals surface area contributed by atoms with Crippen LogP contribution in [0.1, 0.15) is 19.2 Å². The first-order valence-corrected chi connectivity index (χ1v) is 7.58. The number of hydrogen-bond donors (Lipinski definition) is 1. The average Bonchev–Trinajstić information content (AvgIpc) is 2.45. The lowest BCUT2D eigenvalue weighted by atomic mass is 10.3. The van der Waals surface area contributed by atoms with Gasteiger partial charge >= 0.3 is 0 Å². The summed E-state index contributed by atoms with van der Waals surface area (Å²) in [5.41, 5.74) is 0. The quantitative estimate of drug-likeness (QED) is 0.762. The Kier molecular flexibility index (Phi) is 5.36. The van der Waals surface area contributed by atoms with Crippen molar-refractivity contribution in [3.05, 3.63) is 39.3 Å². The first kappa shape index (κ1) is 16.0. The van der Waals surface area contributed by atoms with Gasteiger partial charge in [-0.25, -0.2) is 9.37 Å². The predicted octanol–water partition coefficient (Wildman–Crippen LogP) is 4.82. The first-order chi connectivity index (χ1) is 10.0. The summed E-state index contributed by atoms with van der Waals surface area (Å²) >= 11 is 9.00. The molecular weight excluding hydrogens is 361 g/mol. The molecule has 0 saturated heterocycles. The maximum Gasteiger partial charge on any atom is 0.224 e. The third-order valence-corrected chi connectivity index (χ3v) is 3.58. The molecule has 1 N–H and O–H groups in total. The van der Waals surface area contributed by atoms with E-state index in [0.29, 0.717) is 27.7 Å². The van der Waals surface area contributed by atoms with Gasteiger partial charge in [-0.15, -0.1) is 0 Å². The maximum absolute atomic E-state index is 13.5. The van der Waals surface area contributed by atoms with Gasteiger partial charge in [0, 0.05) is 25.6 Å². The largest absolute Gasteiger partial charge is 0.438 e. The standard InChI is InChI=1S/C14H14BrClFN3O/c1-3-4-12-19-13(18-2)7-14(20-12)21-11-6-10(17)9(16)5-8(11)15/h5-7H,3-4H2,1-2H3,(H,18,19,20). The van der Waals surface area contributed by atoms with Gasteiger partial charge in [0.05, 0.1) is 9.50 Å². The zero-order chi connectivity index (χ0) is 15.4. The fourth-order valence-electron chi connectivity index (χ4n) is 1.68. The molecule has 0 aliphatic rings. The van der Waals surface area contributed by atoms with Crippen LogP contribution in [0.3, 0.4) is 0 Å². The average molecular weight is 375 g/mol. The van der Waals surface area contributed by atoms with Crippen LogP contribution >= 0.6 is 27.5 Å². The van der Waals surface area contributed by atoms with Gasteiger partial charge in [0.15, 0.2) is 0 Å². The Labute approximate surface area is 135 Å². The topological polar surface area (TPSA) is 47.0 Å². The number of aryl methyl sites for hydroxylation is 1. The van der Waals surface area contributed by atoms with Gasteiger partial charge in [-0.3, -0.25) is 0 Å². The molecule has 0 spiro atoms. The monoisotopic (exact) mass is 373 g/mol. The highest BCUT2D eigenvalue weighted by atomic mass is 79.9. The molecule has 0 radical (unpaired) electrons. The maximum atomic E-state index is 13.5. The summed E-state index contributed by atoms with van der Waals surface area (Å²) in [4.78, 5) is 8.64. The summed E-state index contributed by atoms with van der Waals surface area (Å²) in [6.07, 6.45) is 1.66. The van der Waals surface area contributed by atoms with E-state index < -0.39 is 5.82 Å². The summed E-state index contributed by atoms with van der Waals surface area (Å²) in [5.74, 6) is 1.42. The molecule has 7 heteroatoms. The van der Waals surface area contributed by atoms with E-state index in [9.17, 15) is 4.39 Å². The summed E-state index contributed by atoms with van der Waals surface area (Å²) < 4.78 is 19.7. The summed E-state index contributed by atoms with van der Waals surface area (Å²) in [7, 11) is 1.76. The molecule has 0 saturated carbocycles. The van der Waals surface area contributed by atoms with E-state index in [4.69, 9.17) is 16.3 Å². The molecule has 0 atom stereocenters. The number of nitrogens with one attached hydrogen (secondary N) is 1. The van der Waals surface area contributed by atoms with Gasteiger partial charge < -0.3 is 10.1 Å². The number of rotatable bonds is 5. The molecule has 1 aromatic heterocycles. The molecule has 2 aromatic rings. The molecule has 0 aliphatic carbocycles. The zero-order valence-corrected chi connectivity index (χ0v) is 13.9. The highest BCUT2D eigenvalue weighted by molar-refractivity contribution is 9.10. The molecule has 0 amide bonds. The van der Waals surface area contributed by atoms with Crippen LogP contribution in [0.5, 0.6) is 11.6 Å². The van der Waals surface area contributed by atoms with Gasteiger partial charge in [0.25, 0.3) is 0 Å². The summed E-state index contributed by atoms with van der Waals surface area (Å²) in [5, 5.41) is 2.98. The van der Waals surface area contributed by atoms with Gasteiger partial charge in [-0.2, -0.15) is 4.98 Å². The Bertz CT molecular complexity index is 654. The molecule has 4 nitrogen and oxygen atoms in total. The fraction of sp³-hybridized carbons (Fsp3) is 0.286. The Morgan fingerprint density at radius 2 is 2.10 bits per heavy atom. The van der Waals surface area contributed by atoms with Crippen molar-refractivity contribution in [1.82, 2.24) is 9.97 Å². The van der Waals surface area contributed by atoms with Crippen LogP contribution in [-0.4, -0.2) is 17.0 Å². The molecule has 112 valence electrons. The number of aromatic nitrogens is 2. The molecule has 1 heterocycles. The van der Waals surface area contributed by atoms with Crippen molar-refractivity contribution >= 4 is 33.3 Å². The highest BCUT2D eigenvalue weighted by Gasteiger charge is 2.11. The van der Waals surface area contributed by atoms with E-state index >= 15 is 0 Å². The highest BCUT2D eigenvalue weighted by Crippen LogP contribution is 2.33. The van der Waals surface area contributed by atoms with E-state index in [1.807, 2.05) is 6.92 Å². The van der Waals surface area contributed by atoms with Gasteiger partial charge in [0.1, 0.15) is 23.2 Å². The van der Waals surface area contributed by atoms with Gasteiger partial charge in [-0.05, 0) is 28.4 Å². The van der Waals surface area contributed by atoms with E-state index in [1.54, 1.807) is 13.1 Å². The molecule has 2 rings (SSSR count). The smallest absolute Gasteiger partial charge is 0.224 e. The number of hydrogen-bond acceptors (Lipinski definition) is 4. The summed E-state index contributed by atoms with van der Waals surface area (Å²) in [6.45, 7) is 2.04. The Morgan fingerprint density at radius 3 is 2.76 bits per heavy atom. The van der Waals surface area contributed by atoms with Crippen LogP contribution in [0.2, 0.25) is 5.02 Å². The molecule has 0 fully saturated rings. The Balaban J connectivity index is 2.34. The third kappa shape index (κ3) is 4.04. The zero-order valence-electron chi connectivity index (χ0n) is 11.6. The lowest BCUT2D eigenvalue weighted by Gasteiger charge is -2.10. The van der Waals surface area contributed by atoms with Crippen LogP contribution in [0, 0.1) is 5.82 Å². The first-order valence-electron chi connectivity index (χ1n) is 6.41. The third-order valence-electron chi connectivity index (χ3n) is 2.67. The van der Waals surface area contributed by atoms with Crippen molar-refractivity contribution in [2.45, 2.75) is 19.8 Å². The van der Waals surface area contributed by atoms with Gasteiger partial charge in [0.2, 0.25) is 5.88 Å². The Morgan fingerprint density at radius 1 is 1.33 bits per heavy atom. The predicted molar refractivity (Wildman–Crippen MR) is 84.8 cm³/mol. The second kappa shape index (κ2) is 7.04. The van der Waals surface area contributed by atoms with Crippen LogP contribution < -0.4 is 10.1 Å². The normalized spacial score (nSPS) is 10.5. The number of halogens is 3. The SMILES string of the molecule is CCCc1nc(NC)cc(Oc2cc(F)c(Cl)cc2Br)n1. The van der Waals surface area contributed by atoms with Crippen LogP contribution in [0.15, 0.2) is 22.7 Å². The van der Waals surface area contributed by atoms with Crippen LogP contribution in [0.4, 0.5) is 10.2 Å². The second-order valence-electron chi connectivity index (χ2n) is 4.31. The lowest BCUT2D eigenvalue weighted by Crippen LogP contribution is -2.02. The van der Waals surface area contributed by atoms with Crippen molar-refractivity contribution in [3.63, 3.8) is 0 Å². The molecule has 1 aromatic carbocycles. The van der Waals surface area contributed by atoms with Crippen LogP contribution in [-0.2, 0) is 6.42 Å². The Hall–Kier alpha value is -1.40. The van der Waals surface area contributed by atoms with Crippen molar-refractivity contribution < 1.29 is 9.13 Å². The molecule has 21 heavy (non-hydrogen) atoms. The molecule has 0 aliphatic heterocycles. The minimum Gasteiger partial charge on any atom is -0.438 e. The van der Waals surface area contributed by atoms with Crippen molar-refractivity contribution in [1.29, 1.82) is 0 Å². The number of anilines is 1. The summed E-state index contributed by atoms with van der Waals surface area (Å²) in [6, 6.07) is 4.31. The molecular formula is C14H14BrClFN3O. The number of nitrogens with zero attached hydrogens (tertiary/aromatic N) is 2. The minimum absolute atomic E-state index is 0.0273. The van der Waals surface area contributed by atoms with E-state index in [0.717, 1.165) is 12.8 Å². The molecule has 0 bridgehead atoms. The minimum atomic E-state index is -0.549. The molecule has 0 unspecified atom stereocenters. The van der Waals surface area contributed by atoms with Gasteiger partial charge in [-0.1, -0.05) is 18.5 Å². The van der Waals surface area contributed by atoms with Crippen molar-refractivity contribution in [2.24, 2.45) is 0 Å². The van der Waals surface area contributed by atoms with Crippen molar-refractivity contribution in [2.75, 3.05) is 12.4 Å². The second-order valence-corrected chi connectivity index (χ2v) is 5.57. The van der Waals surface area contributed by atoms with E-state index in [2.05, 4.69) is 31.2 Å². The van der Waals surface area contributed by atoms with Crippen LogP contribution in [0.25, 0.3) is 0 Å².